The summed E-state index contributed by atoms with van der Waals surface area (Å²) in [5.74, 6) is -0.601. The third-order valence-corrected chi connectivity index (χ3v) is 8.47. The second-order valence-electron chi connectivity index (χ2n) is 12.2. The van der Waals surface area contributed by atoms with Gasteiger partial charge in [0.05, 0.1) is 19.1 Å². The summed E-state index contributed by atoms with van der Waals surface area (Å²) in [5, 5.41) is 10.6. The van der Waals surface area contributed by atoms with Crippen LogP contribution in [0.2, 0.25) is 0 Å². The Bertz CT molecular complexity index is 1160. The molecule has 4 rings (SSSR count). The number of pyridine rings is 1. The molecule has 3 atom stereocenters. The molecule has 0 spiro atoms. The average Bonchev–Trinajstić information content (AvgIpc) is 3.48. The molecule has 39 heavy (non-hydrogen) atoms. The van der Waals surface area contributed by atoms with Gasteiger partial charge in [0.2, 0.25) is 5.91 Å². The van der Waals surface area contributed by atoms with Gasteiger partial charge in [-0.1, -0.05) is 52.7 Å². The molecule has 1 unspecified atom stereocenters. The summed E-state index contributed by atoms with van der Waals surface area (Å²) in [6.45, 7) is 10.8. The number of likely N-dealkylation sites (tertiary alicyclic amines) is 1. The van der Waals surface area contributed by atoms with Crippen molar-refractivity contribution in [3.63, 3.8) is 0 Å². The number of aryl methyl sites for hydroxylation is 1. The summed E-state index contributed by atoms with van der Waals surface area (Å²) < 4.78 is 7.67. The van der Waals surface area contributed by atoms with Gasteiger partial charge in [-0.05, 0) is 47.9 Å². The van der Waals surface area contributed by atoms with E-state index in [4.69, 9.17) is 4.74 Å². The monoisotopic (exact) mass is 536 g/mol. The highest BCUT2D eigenvalue weighted by Crippen LogP contribution is 2.44. The molecule has 1 amide bonds. The lowest BCUT2D eigenvalue weighted by atomic mass is 9.76. The van der Waals surface area contributed by atoms with Gasteiger partial charge in [0.15, 0.2) is 12.4 Å². The lowest BCUT2D eigenvalue weighted by Gasteiger charge is -2.35. The Hall–Kier alpha value is -2.93. The standard InChI is InChI=1S/C32H45N3O4/c1-6-8-16-35(25-10-9-15-33(5)20-25)29(36)22-34-21-26(23-11-12-28-24(18-23)13-17-39-28)30(31(37)38)27(34)19-32(3,4)14-7-2/h9-12,15,18,20,26-27,30H,6-8,13-14,16-17,19,21-22H2,1-5H3/p+1/t26-,27+,30?/m1/s1. The van der Waals surface area contributed by atoms with Crippen LogP contribution >= 0.6 is 0 Å². The van der Waals surface area contributed by atoms with Crippen LogP contribution in [0.25, 0.3) is 0 Å². The first-order valence-corrected chi connectivity index (χ1v) is 14.6. The molecule has 2 aromatic rings. The number of aliphatic carboxylic acids is 1. The fourth-order valence-corrected chi connectivity index (χ4v) is 6.57. The molecule has 1 aromatic heterocycles. The zero-order valence-corrected chi connectivity index (χ0v) is 24.4. The summed E-state index contributed by atoms with van der Waals surface area (Å²) >= 11 is 0. The van der Waals surface area contributed by atoms with Crippen molar-refractivity contribution >= 4 is 17.6 Å². The number of fused-ring (bicyclic) bond motifs is 1. The Morgan fingerprint density at radius 3 is 2.69 bits per heavy atom. The highest BCUT2D eigenvalue weighted by Gasteiger charge is 2.49. The molecule has 1 aromatic carbocycles. The molecule has 0 bridgehead atoms. The first kappa shape index (κ1) is 29.1. The zero-order chi connectivity index (χ0) is 28.2. The quantitative estimate of drug-likeness (QED) is 0.388. The van der Waals surface area contributed by atoms with E-state index in [9.17, 15) is 14.7 Å². The summed E-state index contributed by atoms with van der Waals surface area (Å²) in [6.07, 6.45) is 9.49. The van der Waals surface area contributed by atoms with Crippen LogP contribution in [0.15, 0.2) is 42.7 Å². The number of rotatable bonds is 12. The van der Waals surface area contributed by atoms with Gasteiger partial charge in [-0.2, -0.15) is 0 Å². The molecule has 1 N–H and O–H groups in total. The predicted molar refractivity (Wildman–Crippen MR) is 153 cm³/mol. The number of hydrogen-bond acceptors (Lipinski definition) is 4. The number of carbonyl (C=O) groups is 2. The zero-order valence-electron chi connectivity index (χ0n) is 24.4. The Labute approximate surface area is 233 Å². The fourth-order valence-electron chi connectivity index (χ4n) is 6.57. The minimum absolute atomic E-state index is 0.0237. The lowest BCUT2D eigenvalue weighted by Crippen LogP contribution is -2.46. The molecule has 2 aliphatic rings. The molecule has 1 saturated heterocycles. The molecular formula is C32H46N3O4+. The summed E-state index contributed by atoms with van der Waals surface area (Å²) in [5.41, 5.74) is 3.05. The molecule has 0 radical (unpaired) electrons. The Balaban J connectivity index is 1.66. The van der Waals surface area contributed by atoms with E-state index in [-0.39, 0.29) is 29.8 Å². The number of carboxylic acids is 1. The normalized spacial score (nSPS) is 21.0. The Morgan fingerprint density at radius 2 is 2.00 bits per heavy atom. The van der Waals surface area contributed by atoms with Crippen LogP contribution in [0.4, 0.5) is 5.69 Å². The predicted octanol–water partition coefficient (Wildman–Crippen LogP) is 4.96. The van der Waals surface area contributed by atoms with Gasteiger partial charge >= 0.3 is 5.97 Å². The molecule has 0 aliphatic carbocycles. The third-order valence-electron chi connectivity index (χ3n) is 8.47. The molecule has 212 valence electrons. The van der Waals surface area contributed by atoms with Gasteiger partial charge < -0.3 is 14.7 Å². The molecule has 1 fully saturated rings. The third kappa shape index (κ3) is 6.81. The van der Waals surface area contributed by atoms with E-state index in [2.05, 4.69) is 38.7 Å². The Kier molecular flexibility index (Phi) is 9.31. The number of nitrogens with zero attached hydrogens (tertiary/aromatic N) is 3. The number of aromatic nitrogens is 1. The molecule has 7 heteroatoms. The minimum Gasteiger partial charge on any atom is -0.493 e. The van der Waals surface area contributed by atoms with Crippen molar-refractivity contribution in [2.75, 3.05) is 31.1 Å². The second kappa shape index (κ2) is 12.5. The number of ether oxygens (including phenoxy) is 1. The number of amides is 1. The summed E-state index contributed by atoms with van der Waals surface area (Å²) in [7, 11) is 1.96. The number of benzene rings is 1. The minimum atomic E-state index is -0.776. The fraction of sp³-hybridized carbons (Fsp3) is 0.594. The summed E-state index contributed by atoms with van der Waals surface area (Å²) in [4.78, 5) is 30.9. The highest BCUT2D eigenvalue weighted by molar-refractivity contribution is 5.94. The van der Waals surface area contributed by atoms with Crippen molar-refractivity contribution in [1.29, 1.82) is 0 Å². The van der Waals surface area contributed by atoms with Gasteiger partial charge in [0.1, 0.15) is 18.5 Å². The maximum Gasteiger partial charge on any atom is 0.308 e. The topological polar surface area (TPSA) is 74.0 Å². The van der Waals surface area contributed by atoms with Crippen LogP contribution in [0.3, 0.4) is 0 Å². The summed E-state index contributed by atoms with van der Waals surface area (Å²) in [6, 6.07) is 9.88. The van der Waals surface area contributed by atoms with E-state index >= 15 is 0 Å². The molecule has 2 aliphatic heterocycles. The van der Waals surface area contributed by atoms with Crippen LogP contribution in [-0.2, 0) is 23.1 Å². The number of carbonyl (C=O) groups excluding carboxylic acids is 1. The molecule has 7 nitrogen and oxygen atoms in total. The van der Waals surface area contributed by atoms with E-state index in [0.717, 1.165) is 61.1 Å². The second-order valence-corrected chi connectivity index (χ2v) is 12.2. The van der Waals surface area contributed by atoms with Gasteiger partial charge in [-0.3, -0.25) is 14.5 Å². The number of anilines is 1. The van der Waals surface area contributed by atoms with Gasteiger partial charge in [-0.25, -0.2) is 4.57 Å². The number of carboxylic acid groups (broad SMARTS) is 1. The van der Waals surface area contributed by atoms with E-state index in [1.807, 2.05) is 53.2 Å². The largest absolute Gasteiger partial charge is 0.493 e. The maximum absolute atomic E-state index is 13.9. The number of unbranched alkanes of at least 4 members (excludes halogenated alkanes) is 1. The van der Waals surface area contributed by atoms with Crippen molar-refractivity contribution in [2.45, 2.75) is 78.2 Å². The maximum atomic E-state index is 13.9. The van der Waals surface area contributed by atoms with Crippen LogP contribution in [0.5, 0.6) is 5.75 Å². The van der Waals surface area contributed by atoms with Gasteiger partial charge in [0, 0.05) is 37.5 Å². The van der Waals surface area contributed by atoms with Crippen molar-refractivity contribution in [3.05, 3.63) is 53.9 Å². The van der Waals surface area contributed by atoms with Crippen molar-refractivity contribution in [3.8, 4) is 5.75 Å². The van der Waals surface area contributed by atoms with Crippen molar-refractivity contribution in [2.24, 2.45) is 18.4 Å². The molecular weight excluding hydrogens is 490 g/mol. The van der Waals surface area contributed by atoms with E-state index < -0.39 is 11.9 Å². The first-order valence-electron chi connectivity index (χ1n) is 14.6. The lowest BCUT2D eigenvalue weighted by molar-refractivity contribution is -0.670. The van der Waals surface area contributed by atoms with Crippen LogP contribution in [0, 0.1) is 11.3 Å². The van der Waals surface area contributed by atoms with E-state index in [0.29, 0.717) is 19.7 Å². The van der Waals surface area contributed by atoms with Crippen LogP contribution < -0.4 is 14.2 Å². The van der Waals surface area contributed by atoms with Gasteiger partial charge in [-0.15, -0.1) is 0 Å². The van der Waals surface area contributed by atoms with Crippen LogP contribution in [0.1, 0.15) is 76.8 Å². The number of hydrogen-bond donors (Lipinski definition) is 1. The smallest absolute Gasteiger partial charge is 0.308 e. The van der Waals surface area contributed by atoms with Gasteiger partial charge in [0.25, 0.3) is 0 Å². The first-order chi connectivity index (χ1) is 18.6. The van der Waals surface area contributed by atoms with Crippen molar-refractivity contribution < 1.29 is 24.0 Å². The molecule has 0 saturated carbocycles. The highest BCUT2D eigenvalue weighted by atomic mass is 16.5. The average molecular weight is 537 g/mol. The molecule has 3 heterocycles. The van der Waals surface area contributed by atoms with Crippen LogP contribution in [-0.4, -0.2) is 54.2 Å². The SMILES string of the molecule is CCCCN(C(=O)CN1C[C@H](c2ccc3c(c2)CCO3)C(C(=O)O)[C@@H]1CC(C)(C)CCC)c1ccc[n+](C)c1. The van der Waals surface area contributed by atoms with E-state index in [1.54, 1.807) is 0 Å². The Morgan fingerprint density at radius 1 is 1.21 bits per heavy atom. The van der Waals surface area contributed by atoms with Crippen molar-refractivity contribution in [1.82, 2.24) is 4.90 Å². The van der Waals surface area contributed by atoms with E-state index in [1.165, 1.54) is 0 Å².